The van der Waals surface area contributed by atoms with Crippen molar-refractivity contribution in [2.45, 2.75) is 17.1 Å². The van der Waals surface area contributed by atoms with E-state index in [1.54, 1.807) is 42.5 Å². The van der Waals surface area contributed by atoms with Gasteiger partial charge in [-0.25, -0.2) is 12.7 Å². The van der Waals surface area contributed by atoms with Crippen molar-refractivity contribution in [3.8, 4) is 0 Å². The molecule has 3 aromatic carbocycles. The fourth-order valence-electron chi connectivity index (χ4n) is 3.60. The summed E-state index contributed by atoms with van der Waals surface area (Å²) in [5.41, 5.74) is -0.527. The van der Waals surface area contributed by atoms with Crippen LogP contribution in [-0.4, -0.2) is 13.3 Å². The Hall–Kier alpha value is -3.66. The normalized spacial score (nSPS) is 16.3. The lowest BCUT2D eigenvalue weighted by atomic mass is 9.97. The van der Waals surface area contributed by atoms with Crippen molar-refractivity contribution in [2.24, 2.45) is 0 Å². The number of halogens is 3. The molecule has 0 N–H and O–H groups in total. The van der Waals surface area contributed by atoms with E-state index in [0.717, 1.165) is 16.4 Å². The van der Waals surface area contributed by atoms with E-state index in [1.807, 2.05) is 0 Å². The van der Waals surface area contributed by atoms with Gasteiger partial charge in [-0.1, -0.05) is 48.5 Å². The molecule has 3 aromatic rings. The zero-order valence-corrected chi connectivity index (χ0v) is 17.0. The number of nitro groups is 1. The summed E-state index contributed by atoms with van der Waals surface area (Å²) in [6, 6.07) is 16.0. The molecule has 1 aliphatic rings. The predicted molar refractivity (Wildman–Crippen MR) is 112 cm³/mol. The van der Waals surface area contributed by atoms with Crippen LogP contribution in [0.15, 0.2) is 89.5 Å². The maximum Gasteiger partial charge on any atom is 0.416 e. The first-order valence-electron chi connectivity index (χ1n) is 9.32. The lowest BCUT2D eigenvalue weighted by Crippen LogP contribution is -2.39. The van der Waals surface area contributed by atoms with E-state index in [-0.39, 0.29) is 11.4 Å². The highest BCUT2D eigenvalue weighted by Gasteiger charge is 2.44. The summed E-state index contributed by atoms with van der Waals surface area (Å²) in [5.74, 6) is 0. The molecule has 1 aliphatic heterocycles. The number of hydrogen-bond acceptors (Lipinski definition) is 4. The van der Waals surface area contributed by atoms with Crippen molar-refractivity contribution in [2.75, 3.05) is 4.31 Å². The predicted octanol–water partition coefficient (Wildman–Crippen LogP) is 5.27. The largest absolute Gasteiger partial charge is 0.416 e. The molecule has 0 saturated carbocycles. The van der Waals surface area contributed by atoms with Gasteiger partial charge in [0.15, 0.2) is 6.04 Å². The van der Waals surface area contributed by atoms with E-state index in [0.29, 0.717) is 23.3 Å². The summed E-state index contributed by atoms with van der Waals surface area (Å²) in [6.45, 7) is 0. The fourth-order valence-corrected chi connectivity index (χ4v) is 5.24. The van der Waals surface area contributed by atoms with E-state index >= 15 is 0 Å². The van der Waals surface area contributed by atoms with Crippen LogP contribution in [-0.2, 0) is 16.2 Å². The highest BCUT2D eigenvalue weighted by atomic mass is 32.2. The lowest BCUT2D eigenvalue weighted by Gasteiger charge is -2.35. The van der Waals surface area contributed by atoms with Crippen molar-refractivity contribution in [1.29, 1.82) is 0 Å². The number of sulfonamides is 1. The number of nitrogens with zero attached hydrogens (tertiary/aromatic N) is 2. The standard InChI is InChI=1S/C22H15F3N2O4S/c23-22(24,25)17-10-12-18(13-11-17)32(30,31)26-19-9-5-4-8-16(19)14-20(27(28)29)21(26)15-6-2-1-3-7-15/h1-14,21H/t21-/m0/s1. The monoisotopic (exact) mass is 460 g/mol. The lowest BCUT2D eigenvalue weighted by molar-refractivity contribution is -0.428. The molecule has 4 rings (SSSR count). The maximum atomic E-state index is 13.7. The molecule has 1 atom stereocenters. The minimum atomic E-state index is -4.63. The molecular weight excluding hydrogens is 445 g/mol. The summed E-state index contributed by atoms with van der Waals surface area (Å²) in [4.78, 5) is 10.8. The average Bonchev–Trinajstić information content (AvgIpc) is 2.77. The van der Waals surface area contributed by atoms with E-state index in [2.05, 4.69) is 0 Å². The van der Waals surface area contributed by atoms with Crippen molar-refractivity contribution in [3.05, 3.63) is 111 Å². The van der Waals surface area contributed by atoms with Crippen molar-refractivity contribution in [3.63, 3.8) is 0 Å². The first-order valence-corrected chi connectivity index (χ1v) is 10.8. The van der Waals surface area contributed by atoms with E-state index in [4.69, 9.17) is 0 Å². The van der Waals surface area contributed by atoms with Gasteiger partial charge in [-0.3, -0.25) is 10.1 Å². The van der Waals surface area contributed by atoms with Gasteiger partial charge in [-0.05, 0) is 35.9 Å². The quantitative estimate of drug-likeness (QED) is 0.392. The Morgan fingerprint density at radius 2 is 1.47 bits per heavy atom. The van der Waals surface area contributed by atoms with E-state index in [1.165, 1.54) is 18.2 Å². The van der Waals surface area contributed by atoms with Crippen molar-refractivity contribution < 1.29 is 26.5 Å². The van der Waals surface area contributed by atoms with Crippen LogP contribution in [0.25, 0.3) is 6.08 Å². The van der Waals surface area contributed by atoms with Crippen LogP contribution < -0.4 is 4.31 Å². The Bertz CT molecular complexity index is 1310. The Morgan fingerprint density at radius 1 is 0.875 bits per heavy atom. The first-order chi connectivity index (χ1) is 15.1. The number of alkyl halides is 3. The number of hydrogen-bond donors (Lipinski definition) is 0. The second-order valence-electron chi connectivity index (χ2n) is 7.02. The molecule has 0 saturated heterocycles. The molecular formula is C22H15F3N2O4S. The first kappa shape index (κ1) is 21.6. The van der Waals surface area contributed by atoms with Gasteiger partial charge in [-0.15, -0.1) is 0 Å². The highest BCUT2D eigenvalue weighted by molar-refractivity contribution is 7.92. The molecule has 0 aromatic heterocycles. The number of anilines is 1. The molecule has 6 nitrogen and oxygen atoms in total. The van der Waals surface area contributed by atoms with Gasteiger partial charge < -0.3 is 0 Å². The van der Waals surface area contributed by atoms with Gasteiger partial charge >= 0.3 is 6.18 Å². The number of para-hydroxylation sites is 1. The zero-order chi connectivity index (χ0) is 23.1. The van der Waals surface area contributed by atoms with Gasteiger partial charge in [0, 0.05) is 11.6 Å². The van der Waals surface area contributed by atoms with Gasteiger partial charge in [0.2, 0.25) is 0 Å². The Labute approximate surface area is 181 Å². The second-order valence-corrected chi connectivity index (χ2v) is 8.84. The van der Waals surface area contributed by atoms with Crippen LogP contribution in [0.4, 0.5) is 18.9 Å². The molecule has 164 valence electrons. The van der Waals surface area contributed by atoms with Crippen LogP contribution in [0.3, 0.4) is 0 Å². The van der Waals surface area contributed by atoms with Gasteiger partial charge in [0.25, 0.3) is 15.7 Å². The second kappa shape index (κ2) is 7.79. The summed E-state index contributed by atoms with van der Waals surface area (Å²) < 4.78 is 67.1. The minimum absolute atomic E-state index is 0.187. The van der Waals surface area contributed by atoms with Gasteiger partial charge in [0.05, 0.1) is 21.1 Å². The third-order valence-electron chi connectivity index (χ3n) is 5.06. The minimum Gasteiger partial charge on any atom is -0.259 e. The van der Waals surface area contributed by atoms with Crippen LogP contribution in [0.1, 0.15) is 22.7 Å². The summed E-state index contributed by atoms with van der Waals surface area (Å²) >= 11 is 0. The summed E-state index contributed by atoms with van der Waals surface area (Å²) in [5, 5.41) is 11.9. The average molecular weight is 460 g/mol. The molecule has 0 unspecified atom stereocenters. The SMILES string of the molecule is O=[N+]([O-])C1=Cc2ccccc2N(S(=O)(=O)c2ccc(C(F)(F)F)cc2)[C@H]1c1ccccc1. The Kier molecular flexibility index (Phi) is 5.25. The fraction of sp³-hybridized carbons (Fsp3) is 0.0909. The smallest absolute Gasteiger partial charge is 0.259 e. The van der Waals surface area contributed by atoms with Crippen LogP contribution in [0.5, 0.6) is 0 Å². The third kappa shape index (κ3) is 3.73. The van der Waals surface area contributed by atoms with E-state index < -0.39 is 37.6 Å². The topological polar surface area (TPSA) is 80.5 Å². The number of benzene rings is 3. The van der Waals surface area contributed by atoms with Crippen molar-refractivity contribution in [1.82, 2.24) is 0 Å². The Morgan fingerprint density at radius 3 is 2.06 bits per heavy atom. The molecule has 0 amide bonds. The molecule has 0 aliphatic carbocycles. The van der Waals surface area contributed by atoms with Crippen molar-refractivity contribution >= 4 is 21.8 Å². The van der Waals surface area contributed by atoms with Crippen LogP contribution in [0.2, 0.25) is 0 Å². The van der Waals surface area contributed by atoms with E-state index in [9.17, 15) is 31.7 Å². The third-order valence-corrected chi connectivity index (χ3v) is 6.85. The Balaban J connectivity index is 1.94. The molecule has 0 radical (unpaired) electrons. The maximum absolute atomic E-state index is 13.7. The molecule has 0 bridgehead atoms. The summed E-state index contributed by atoms with van der Waals surface area (Å²) in [7, 11) is -4.48. The molecule has 32 heavy (non-hydrogen) atoms. The number of fused-ring (bicyclic) bond motifs is 1. The van der Waals surface area contributed by atoms with Crippen LogP contribution >= 0.6 is 0 Å². The van der Waals surface area contributed by atoms with Crippen LogP contribution in [0, 0.1) is 10.1 Å². The molecule has 0 spiro atoms. The number of rotatable bonds is 4. The highest BCUT2D eigenvalue weighted by Crippen LogP contribution is 2.44. The molecule has 10 heteroatoms. The van der Waals surface area contributed by atoms with Gasteiger partial charge in [-0.2, -0.15) is 13.2 Å². The molecule has 0 fully saturated rings. The molecule has 1 heterocycles. The summed E-state index contributed by atoms with van der Waals surface area (Å²) in [6.07, 6.45) is -3.32. The van der Waals surface area contributed by atoms with Gasteiger partial charge in [0.1, 0.15) is 0 Å². The zero-order valence-electron chi connectivity index (χ0n) is 16.2.